The lowest BCUT2D eigenvalue weighted by atomic mass is 9.86. The van der Waals surface area contributed by atoms with Crippen molar-refractivity contribution < 1.29 is 4.79 Å². The van der Waals surface area contributed by atoms with Crippen LogP contribution in [0.1, 0.15) is 46.5 Å². The van der Waals surface area contributed by atoms with Gasteiger partial charge >= 0.3 is 0 Å². The molecule has 1 spiro atoms. The first-order chi connectivity index (χ1) is 7.00. The fourth-order valence-corrected chi connectivity index (χ4v) is 4.00. The number of hydrogen-bond acceptors (Lipinski definition) is 2. The van der Waals surface area contributed by atoms with Gasteiger partial charge in [-0.3, -0.25) is 9.69 Å². The Morgan fingerprint density at radius 3 is 2.33 bits per heavy atom. The smallest absolute Gasteiger partial charge is 0.146 e. The summed E-state index contributed by atoms with van der Waals surface area (Å²) in [4.78, 5) is 13.8. The average Bonchev–Trinajstić information content (AvgIpc) is 2.68. The highest BCUT2D eigenvalue weighted by Crippen LogP contribution is 2.72. The van der Waals surface area contributed by atoms with E-state index < -0.39 is 0 Å². The van der Waals surface area contributed by atoms with Gasteiger partial charge in [0.05, 0.1) is 6.04 Å². The summed E-state index contributed by atoms with van der Waals surface area (Å²) >= 11 is 0. The van der Waals surface area contributed by atoms with E-state index in [0.29, 0.717) is 16.6 Å². The van der Waals surface area contributed by atoms with Gasteiger partial charge in [-0.2, -0.15) is 0 Å². The molecule has 0 bridgehead atoms. The SMILES string of the molecule is CCC1(CC)C[C@]12C[C@@H](C(C)=O)N(C)C2. The number of likely N-dealkylation sites (N-methyl/N-ethyl adjacent to an activating group) is 1. The van der Waals surface area contributed by atoms with Crippen molar-refractivity contribution in [1.82, 2.24) is 4.90 Å². The monoisotopic (exact) mass is 209 g/mol. The molecule has 2 rings (SSSR count). The van der Waals surface area contributed by atoms with Crippen molar-refractivity contribution in [2.75, 3.05) is 13.6 Å². The first kappa shape index (κ1) is 11.1. The number of rotatable bonds is 3. The molecule has 2 atom stereocenters. The first-order valence-corrected chi connectivity index (χ1v) is 6.21. The van der Waals surface area contributed by atoms with Crippen LogP contribution in [0.25, 0.3) is 0 Å². The van der Waals surface area contributed by atoms with Crippen LogP contribution in [0.2, 0.25) is 0 Å². The molecule has 1 saturated carbocycles. The second-order valence-electron chi connectivity index (χ2n) is 5.69. The molecular formula is C13H23NO. The molecule has 0 aromatic carbocycles. The van der Waals surface area contributed by atoms with Gasteiger partial charge in [0.2, 0.25) is 0 Å². The topological polar surface area (TPSA) is 20.3 Å². The Morgan fingerprint density at radius 1 is 1.40 bits per heavy atom. The standard InChI is InChI=1S/C13H23NO/c1-5-12(6-2)8-13(12)7-11(10(3)15)14(4)9-13/h11H,5-9H2,1-4H3/t11-,13-/m0/s1. The quantitative estimate of drug-likeness (QED) is 0.711. The fourth-order valence-electron chi connectivity index (χ4n) is 4.00. The van der Waals surface area contributed by atoms with Crippen molar-refractivity contribution in [1.29, 1.82) is 0 Å². The van der Waals surface area contributed by atoms with Gasteiger partial charge in [0, 0.05) is 6.54 Å². The zero-order valence-corrected chi connectivity index (χ0v) is 10.5. The number of ketones is 1. The number of nitrogens with zero attached hydrogens (tertiary/aromatic N) is 1. The van der Waals surface area contributed by atoms with E-state index in [2.05, 4.69) is 25.8 Å². The van der Waals surface area contributed by atoms with Crippen molar-refractivity contribution in [3.05, 3.63) is 0 Å². The van der Waals surface area contributed by atoms with Crippen LogP contribution >= 0.6 is 0 Å². The lowest BCUT2D eigenvalue weighted by Gasteiger charge is -2.18. The Balaban J connectivity index is 2.14. The van der Waals surface area contributed by atoms with E-state index in [1.165, 1.54) is 19.3 Å². The lowest BCUT2D eigenvalue weighted by molar-refractivity contribution is -0.120. The van der Waals surface area contributed by atoms with Gasteiger partial charge in [0.1, 0.15) is 5.78 Å². The molecule has 0 aromatic heterocycles. The third kappa shape index (κ3) is 1.37. The van der Waals surface area contributed by atoms with Crippen molar-refractivity contribution in [3.8, 4) is 0 Å². The van der Waals surface area contributed by atoms with E-state index >= 15 is 0 Å². The van der Waals surface area contributed by atoms with Gasteiger partial charge in [0.15, 0.2) is 0 Å². The van der Waals surface area contributed by atoms with Gasteiger partial charge in [0.25, 0.3) is 0 Å². The Labute approximate surface area is 93.0 Å². The summed E-state index contributed by atoms with van der Waals surface area (Å²) in [6, 6.07) is 0.199. The van der Waals surface area contributed by atoms with Crippen LogP contribution in [0.4, 0.5) is 0 Å². The molecule has 2 aliphatic rings. The molecule has 0 N–H and O–H groups in total. The van der Waals surface area contributed by atoms with Gasteiger partial charge in [-0.15, -0.1) is 0 Å². The predicted molar refractivity (Wildman–Crippen MR) is 61.8 cm³/mol. The first-order valence-electron chi connectivity index (χ1n) is 6.21. The Hall–Kier alpha value is -0.370. The zero-order chi connectivity index (χ0) is 11.3. The van der Waals surface area contributed by atoms with Crippen molar-refractivity contribution in [2.45, 2.75) is 52.5 Å². The summed E-state index contributed by atoms with van der Waals surface area (Å²) in [6.45, 7) is 7.49. The molecular weight excluding hydrogens is 186 g/mol. The van der Waals surface area contributed by atoms with E-state index in [1.54, 1.807) is 6.92 Å². The van der Waals surface area contributed by atoms with E-state index in [4.69, 9.17) is 0 Å². The molecule has 0 aromatic rings. The minimum atomic E-state index is 0.199. The Kier molecular flexibility index (Phi) is 2.45. The van der Waals surface area contributed by atoms with Crippen LogP contribution in [0.15, 0.2) is 0 Å². The Morgan fingerprint density at radius 2 is 2.00 bits per heavy atom. The maximum absolute atomic E-state index is 11.5. The van der Waals surface area contributed by atoms with Crippen molar-refractivity contribution in [2.24, 2.45) is 10.8 Å². The van der Waals surface area contributed by atoms with E-state index in [0.717, 1.165) is 13.0 Å². The summed E-state index contributed by atoms with van der Waals surface area (Å²) in [5.41, 5.74) is 1.05. The molecule has 86 valence electrons. The van der Waals surface area contributed by atoms with Crippen LogP contribution in [-0.2, 0) is 4.79 Å². The van der Waals surface area contributed by atoms with Crippen LogP contribution in [0.3, 0.4) is 0 Å². The molecule has 1 saturated heterocycles. The molecule has 2 heteroatoms. The molecule has 15 heavy (non-hydrogen) atoms. The van der Waals surface area contributed by atoms with Crippen LogP contribution in [0.5, 0.6) is 0 Å². The molecule has 1 aliphatic carbocycles. The van der Waals surface area contributed by atoms with E-state index in [1.807, 2.05) is 0 Å². The number of Topliss-reactive ketones (excluding diaryl/α,β-unsaturated/α-hetero) is 1. The third-order valence-corrected chi connectivity index (χ3v) is 5.17. The number of carbonyl (C=O) groups is 1. The largest absolute Gasteiger partial charge is 0.298 e. The number of hydrogen-bond donors (Lipinski definition) is 0. The second-order valence-corrected chi connectivity index (χ2v) is 5.69. The van der Waals surface area contributed by atoms with E-state index in [9.17, 15) is 4.79 Å². The average molecular weight is 209 g/mol. The molecule has 0 radical (unpaired) electrons. The summed E-state index contributed by atoms with van der Waals surface area (Å²) in [6.07, 6.45) is 5.02. The van der Waals surface area contributed by atoms with Crippen LogP contribution in [-0.4, -0.2) is 30.3 Å². The summed E-state index contributed by atoms with van der Waals surface area (Å²) in [5, 5.41) is 0. The van der Waals surface area contributed by atoms with Crippen molar-refractivity contribution in [3.63, 3.8) is 0 Å². The minimum Gasteiger partial charge on any atom is -0.298 e. The van der Waals surface area contributed by atoms with Crippen molar-refractivity contribution >= 4 is 5.78 Å². The molecule has 1 heterocycles. The van der Waals surface area contributed by atoms with Crippen LogP contribution in [0, 0.1) is 10.8 Å². The summed E-state index contributed by atoms with van der Waals surface area (Å²) in [7, 11) is 2.11. The second kappa shape index (κ2) is 3.31. The van der Waals surface area contributed by atoms with Gasteiger partial charge in [-0.25, -0.2) is 0 Å². The fraction of sp³-hybridized carbons (Fsp3) is 0.923. The normalized spacial score (nSPS) is 38.5. The van der Waals surface area contributed by atoms with Gasteiger partial charge < -0.3 is 0 Å². The van der Waals surface area contributed by atoms with Crippen LogP contribution < -0.4 is 0 Å². The summed E-state index contributed by atoms with van der Waals surface area (Å²) in [5.74, 6) is 0.349. The molecule has 2 fully saturated rings. The van der Waals surface area contributed by atoms with E-state index in [-0.39, 0.29) is 6.04 Å². The maximum atomic E-state index is 11.5. The van der Waals surface area contributed by atoms with Gasteiger partial charge in [-0.1, -0.05) is 13.8 Å². The highest BCUT2D eigenvalue weighted by molar-refractivity contribution is 5.82. The maximum Gasteiger partial charge on any atom is 0.146 e. The van der Waals surface area contributed by atoms with Gasteiger partial charge in [-0.05, 0) is 50.5 Å². The highest BCUT2D eigenvalue weighted by atomic mass is 16.1. The Bertz CT molecular complexity index is 282. The minimum absolute atomic E-state index is 0.199. The molecule has 0 unspecified atom stereocenters. The number of likely N-dealkylation sites (tertiary alicyclic amines) is 1. The molecule has 1 aliphatic heterocycles. The molecule has 2 nitrogen and oxygen atoms in total. The predicted octanol–water partition coefficient (Wildman–Crippen LogP) is 2.48. The highest BCUT2D eigenvalue weighted by Gasteiger charge is 2.68. The lowest BCUT2D eigenvalue weighted by Crippen LogP contribution is -2.30. The zero-order valence-electron chi connectivity index (χ0n) is 10.5. The molecule has 0 amide bonds. The number of carbonyl (C=O) groups excluding carboxylic acids is 1. The summed E-state index contributed by atoms with van der Waals surface area (Å²) < 4.78 is 0. The third-order valence-electron chi connectivity index (χ3n) is 5.17.